The molecule has 1 rings (SSSR count). The summed E-state index contributed by atoms with van der Waals surface area (Å²) in [4.78, 5) is 0. The van der Waals surface area contributed by atoms with Crippen LogP contribution in [0.15, 0.2) is 24.3 Å². The Hall–Kier alpha value is 0.616. The summed E-state index contributed by atoms with van der Waals surface area (Å²) in [6, 6.07) is 7.31. The normalized spacial score (nSPS) is 8.82. The van der Waals surface area contributed by atoms with Crippen LogP contribution in [0.4, 0.5) is 5.69 Å². The number of ether oxygens (including phenoxy) is 1. The summed E-state index contributed by atoms with van der Waals surface area (Å²) in [6.07, 6.45) is 0. The number of methoxy groups -OCH3 is 1. The van der Waals surface area contributed by atoms with E-state index in [1.54, 1.807) is 19.2 Å². The molecule has 0 amide bonds. The van der Waals surface area contributed by atoms with Gasteiger partial charge in [0.15, 0.2) is 0 Å². The molecule has 0 aliphatic carbocycles. The maximum atomic E-state index is 7.18. The van der Waals surface area contributed by atoms with Gasteiger partial charge in [0.1, 0.15) is 0 Å². The molecule has 11 heavy (non-hydrogen) atoms. The Morgan fingerprint density at radius 3 is 2.27 bits per heavy atom. The summed E-state index contributed by atoms with van der Waals surface area (Å²) in [5, 5.41) is 0. The fourth-order valence-electron chi connectivity index (χ4n) is 0.768. The van der Waals surface area contributed by atoms with Gasteiger partial charge in [0.2, 0.25) is 0 Å². The molecular formula is C8H10KNO. The Kier molecular flexibility index (Phi) is 6.51. The van der Waals surface area contributed by atoms with E-state index in [1.165, 1.54) is 0 Å². The van der Waals surface area contributed by atoms with Crippen molar-refractivity contribution < 1.29 is 56.1 Å². The zero-order chi connectivity index (χ0) is 7.40. The molecule has 0 saturated heterocycles. The second-order valence-corrected chi connectivity index (χ2v) is 2.13. The van der Waals surface area contributed by atoms with E-state index in [-0.39, 0.29) is 51.4 Å². The van der Waals surface area contributed by atoms with Crippen molar-refractivity contribution in [3.8, 4) is 0 Å². The Balaban J connectivity index is 0.000001000. The first-order valence-electron chi connectivity index (χ1n) is 3.12. The van der Waals surface area contributed by atoms with E-state index >= 15 is 0 Å². The molecule has 0 spiro atoms. The second kappa shape index (κ2) is 6.17. The number of hydrogen-bond donors (Lipinski definition) is 0. The number of benzene rings is 1. The van der Waals surface area contributed by atoms with E-state index in [4.69, 9.17) is 10.5 Å². The van der Waals surface area contributed by atoms with Gasteiger partial charge < -0.3 is 10.5 Å². The first-order valence-corrected chi connectivity index (χ1v) is 3.12. The molecule has 1 aromatic rings. The maximum absolute atomic E-state index is 7.18. The molecule has 0 atom stereocenters. The average Bonchev–Trinajstić information content (AvgIpc) is 1.95. The third-order valence-electron chi connectivity index (χ3n) is 1.26. The maximum Gasteiger partial charge on any atom is 1.00 e. The Morgan fingerprint density at radius 1 is 1.27 bits per heavy atom. The van der Waals surface area contributed by atoms with Crippen LogP contribution in [0.1, 0.15) is 5.56 Å². The van der Waals surface area contributed by atoms with E-state index < -0.39 is 0 Å². The summed E-state index contributed by atoms with van der Waals surface area (Å²) < 4.78 is 4.91. The fraction of sp³-hybridized carbons (Fsp3) is 0.250. The van der Waals surface area contributed by atoms with Crippen LogP contribution < -0.4 is 51.4 Å². The first-order chi connectivity index (χ1) is 4.83. The van der Waals surface area contributed by atoms with Crippen LogP contribution in [-0.2, 0) is 11.3 Å². The van der Waals surface area contributed by atoms with Crippen molar-refractivity contribution in [3.63, 3.8) is 0 Å². The molecule has 54 valence electrons. The Morgan fingerprint density at radius 2 is 1.82 bits per heavy atom. The number of rotatable bonds is 2. The monoisotopic (exact) mass is 175 g/mol. The van der Waals surface area contributed by atoms with E-state index in [0.29, 0.717) is 12.3 Å². The van der Waals surface area contributed by atoms with Crippen LogP contribution in [0.5, 0.6) is 0 Å². The molecule has 0 aromatic heterocycles. The molecular weight excluding hydrogens is 165 g/mol. The van der Waals surface area contributed by atoms with Gasteiger partial charge in [-0.25, -0.2) is 0 Å². The van der Waals surface area contributed by atoms with E-state index in [0.717, 1.165) is 5.56 Å². The van der Waals surface area contributed by atoms with Crippen LogP contribution in [-0.4, -0.2) is 7.11 Å². The average molecular weight is 175 g/mol. The van der Waals surface area contributed by atoms with E-state index in [9.17, 15) is 0 Å². The SMILES string of the molecule is COCc1ccc([NH-])cc1.[K+]. The third kappa shape index (κ3) is 4.25. The largest absolute Gasteiger partial charge is 1.00 e. The molecule has 0 saturated carbocycles. The van der Waals surface area contributed by atoms with Gasteiger partial charge in [-0.3, -0.25) is 0 Å². The quantitative estimate of drug-likeness (QED) is 0.559. The van der Waals surface area contributed by atoms with Gasteiger partial charge in [-0.2, -0.15) is 0 Å². The molecule has 0 heterocycles. The van der Waals surface area contributed by atoms with Crippen LogP contribution >= 0.6 is 0 Å². The van der Waals surface area contributed by atoms with Gasteiger partial charge in [0, 0.05) is 7.11 Å². The molecule has 2 nitrogen and oxygen atoms in total. The van der Waals surface area contributed by atoms with Crippen LogP contribution in [0, 0.1) is 0 Å². The van der Waals surface area contributed by atoms with Crippen molar-refractivity contribution in [2.45, 2.75) is 6.61 Å². The predicted octanol–water partition coefficient (Wildman–Crippen LogP) is -0.479. The first kappa shape index (κ1) is 11.6. The molecule has 1 aromatic carbocycles. The van der Waals surface area contributed by atoms with Gasteiger partial charge in [-0.15, -0.1) is 5.69 Å². The Labute approximate surface area is 110 Å². The molecule has 0 fully saturated rings. The fourth-order valence-corrected chi connectivity index (χ4v) is 0.768. The van der Waals surface area contributed by atoms with Gasteiger partial charge in [-0.05, 0) is 5.56 Å². The van der Waals surface area contributed by atoms with Crippen molar-refractivity contribution in [1.29, 1.82) is 0 Å². The van der Waals surface area contributed by atoms with Crippen LogP contribution in [0.25, 0.3) is 5.73 Å². The molecule has 3 heteroatoms. The molecule has 0 aliphatic heterocycles. The minimum absolute atomic E-state index is 0. The standard InChI is InChI=1S/C8H10NO.K/c1-10-6-7-2-4-8(9)5-3-7;/h2-5,9H,6H2,1H3;/q-1;+1. The van der Waals surface area contributed by atoms with Crippen molar-refractivity contribution >= 4 is 5.69 Å². The smallest absolute Gasteiger partial charge is 0.699 e. The summed E-state index contributed by atoms with van der Waals surface area (Å²) >= 11 is 0. The Bertz CT molecular complexity index is 198. The summed E-state index contributed by atoms with van der Waals surface area (Å²) in [5.41, 5.74) is 8.83. The number of hydrogen-bond acceptors (Lipinski definition) is 1. The number of nitrogens with one attached hydrogen (secondary N) is 1. The van der Waals surface area contributed by atoms with Crippen molar-refractivity contribution in [2.75, 3.05) is 7.11 Å². The molecule has 0 aliphatic rings. The van der Waals surface area contributed by atoms with E-state index in [1.807, 2.05) is 12.1 Å². The van der Waals surface area contributed by atoms with Gasteiger partial charge in [0.05, 0.1) is 6.61 Å². The minimum atomic E-state index is 0. The van der Waals surface area contributed by atoms with Crippen LogP contribution in [0.3, 0.4) is 0 Å². The summed E-state index contributed by atoms with van der Waals surface area (Å²) in [7, 11) is 1.66. The second-order valence-electron chi connectivity index (χ2n) is 2.13. The zero-order valence-electron chi connectivity index (χ0n) is 6.92. The minimum Gasteiger partial charge on any atom is -0.699 e. The van der Waals surface area contributed by atoms with Crippen LogP contribution in [0.2, 0.25) is 0 Å². The van der Waals surface area contributed by atoms with Gasteiger partial charge >= 0.3 is 51.4 Å². The van der Waals surface area contributed by atoms with Gasteiger partial charge in [0.25, 0.3) is 0 Å². The molecule has 1 N–H and O–H groups in total. The summed E-state index contributed by atoms with van der Waals surface area (Å²) in [6.45, 7) is 0.625. The predicted molar refractivity (Wildman–Crippen MR) is 41.1 cm³/mol. The topological polar surface area (TPSA) is 33.0 Å². The molecule has 0 radical (unpaired) electrons. The summed E-state index contributed by atoms with van der Waals surface area (Å²) in [5.74, 6) is 0. The van der Waals surface area contributed by atoms with E-state index in [2.05, 4.69) is 0 Å². The van der Waals surface area contributed by atoms with Crippen molar-refractivity contribution in [1.82, 2.24) is 0 Å². The zero-order valence-corrected chi connectivity index (χ0v) is 10.0. The van der Waals surface area contributed by atoms with Crippen molar-refractivity contribution in [2.24, 2.45) is 0 Å². The van der Waals surface area contributed by atoms with Gasteiger partial charge in [-0.1, -0.05) is 24.3 Å². The molecule has 0 bridgehead atoms. The van der Waals surface area contributed by atoms with Crippen molar-refractivity contribution in [3.05, 3.63) is 35.6 Å². The molecule has 0 unspecified atom stereocenters. The third-order valence-corrected chi connectivity index (χ3v) is 1.26.